The van der Waals surface area contributed by atoms with Gasteiger partial charge in [0, 0.05) is 17.1 Å². The van der Waals surface area contributed by atoms with Gasteiger partial charge in [-0.25, -0.2) is 0 Å². The van der Waals surface area contributed by atoms with Gasteiger partial charge < -0.3 is 20.1 Å². The van der Waals surface area contributed by atoms with Crippen LogP contribution < -0.4 is 20.1 Å². The predicted octanol–water partition coefficient (Wildman–Crippen LogP) is 5.19. The van der Waals surface area contributed by atoms with Crippen LogP contribution in [-0.4, -0.2) is 14.2 Å². The van der Waals surface area contributed by atoms with Gasteiger partial charge in [-0.05, 0) is 60.7 Å². The second kappa shape index (κ2) is 7.42. The lowest BCUT2D eigenvalue weighted by Crippen LogP contribution is -1.95. The molecular weight excluding hydrogens is 300 g/mol. The second-order valence-electron chi connectivity index (χ2n) is 5.26. The van der Waals surface area contributed by atoms with Crippen LogP contribution in [0.15, 0.2) is 72.8 Å². The van der Waals surface area contributed by atoms with Gasteiger partial charge in [-0.15, -0.1) is 0 Å². The molecule has 122 valence electrons. The van der Waals surface area contributed by atoms with Crippen molar-refractivity contribution in [3.05, 3.63) is 72.8 Å². The number of anilines is 4. The van der Waals surface area contributed by atoms with Crippen LogP contribution in [-0.2, 0) is 0 Å². The normalized spacial score (nSPS) is 10.1. The van der Waals surface area contributed by atoms with Gasteiger partial charge >= 0.3 is 0 Å². The van der Waals surface area contributed by atoms with Crippen molar-refractivity contribution < 1.29 is 9.47 Å². The van der Waals surface area contributed by atoms with Gasteiger partial charge in [-0.1, -0.05) is 12.1 Å². The maximum absolute atomic E-state index is 5.35. The number of para-hydroxylation sites is 2. The van der Waals surface area contributed by atoms with Crippen molar-refractivity contribution in [2.24, 2.45) is 0 Å². The Hall–Kier alpha value is -3.14. The standard InChI is InChI=1S/C20H20N2O2/c1-23-18-13-11-16(12-14-18)21-15-7-9-17(10-8-15)22-19-5-3-4-6-20(19)24-2/h3-14,21-22H,1-2H3. The number of hydrogen-bond donors (Lipinski definition) is 2. The van der Waals surface area contributed by atoms with E-state index in [2.05, 4.69) is 10.6 Å². The third-order valence-electron chi connectivity index (χ3n) is 3.65. The molecule has 24 heavy (non-hydrogen) atoms. The molecule has 0 bridgehead atoms. The van der Waals surface area contributed by atoms with Crippen LogP contribution in [0.1, 0.15) is 0 Å². The first-order valence-electron chi connectivity index (χ1n) is 7.69. The molecule has 4 nitrogen and oxygen atoms in total. The van der Waals surface area contributed by atoms with Gasteiger partial charge in [0.15, 0.2) is 0 Å². The number of nitrogens with one attached hydrogen (secondary N) is 2. The Morgan fingerprint density at radius 2 is 1.12 bits per heavy atom. The molecular formula is C20H20N2O2. The van der Waals surface area contributed by atoms with E-state index in [1.807, 2.05) is 72.8 Å². The molecule has 0 radical (unpaired) electrons. The molecule has 0 aliphatic carbocycles. The zero-order valence-corrected chi connectivity index (χ0v) is 13.7. The number of benzene rings is 3. The van der Waals surface area contributed by atoms with E-state index < -0.39 is 0 Å². The quantitative estimate of drug-likeness (QED) is 0.656. The molecule has 0 saturated heterocycles. The number of methoxy groups -OCH3 is 2. The zero-order chi connectivity index (χ0) is 16.8. The van der Waals surface area contributed by atoms with Crippen LogP contribution in [0.2, 0.25) is 0 Å². The smallest absolute Gasteiger partial charge is 0.142 e. The summed E-state index contributed by atoms with van der Waals surface area (Å²) in [6.07, 6.45) is 0. The lowest BCUT2D eigenvalue weighted by atomic mass is 10.2. The summed E-state index contributed by atoms with van der Waals surface area (Å²) in [5.74, 6) is 1.66. The third-order valence-corrected chi connectivity index (χ3v) is 3.65. The number of ether oxygens (including phenoxy) is 2. The fourth-order valence-electron chi connectivity index (χ4n) is 2.38. The van der Waals surface area contributed by atoms with Gasteiger partial charge in [0.1, 0.15) is 11.5 Å². The van der Waals surface area contributed by atoms with E-state index >= 15 is 0 Å². The molecule has 2 N–H and O–H groups in total. The highest BCUT2D eigenvalue weighted by atomic mass is 16.5. The Balaban J connectivity index is 1.68. The van der Waals surface area contributed by atoms with E-state index in [9.17, 15) is 0 Å². The topological polar surface area (TPSA) is 42.5 Å². The van der Waals surface area contributed by atoms with Crippen LogP contribution >= 0.6 is 0 Å². The zero-order valence-electron chi connectivity index (χ0n) is 13.7. The van der Waals surface area contributed by atoms with Gasteiger partial charge in [0.25, 0.3) is 0 Å². The fraction of sp³-hybridized carbons (Fsp3) is 0.100. The highest BCUT2D eigenvalue weighted by Crippen LogP contribution is 2.28. The minimum absolute atomic E-state index is 0.818. The van der Waals surface area contributed by atoms with Crippen LogP contribution in [0.5, 0.6) is 11.5 Å². The van der Waals surface area contributed by atoms with Crippen molar-refractivity contribution in [2.75, 3.05) is 24.9 Å². The predicted molar refractivity (Wildman–Crippen MR) is 99.0 cm³/mol. The molecule has 0 aliphatic heterocycles. The Kier molecular flexibility index (Phi) is 4.87. The van der Waals surface area contributed by atoms with E-state index in [4.69, 9.17) is 9.47 Å². The molecule has 3 aromatic rings. The Morgan fingerprint density at radius 1 is 0.583 bits per heavy atom. The van der Waals surface area contributed by atoms with E-state index in [0.29, 0.717) is 0 Å². The van der Waals surface area contributed by atoms with Crippen molar-refractivity contribution in [2.45, 2.75) is 0 Å². The first-order valence-corrected chi connectivity index (χ1v) is 7.69. The van der Waals surface area contributed by atoms with Crippen LogP contribution in [0.25, 0.3) is 0 Å². The first kappa shape index (κ1) is 15.7. The Labute approximate surface area is 142 Å². The van der Waals surface area contributed by atoms with Crippen molar-refractivity contribution in [1.82, 2.24) is 0 Å². The monoisotopic (exact) mass is 320 g/mol. The molecule has 0 atom stereocenters. The summed E-state index contributed by atoms with van der Waals surface area (Å²) in [5.41, 5.74) is 3.97. The van der Waals surface area contributed by atoms with E-state index in [0.717, 1.165) is 34.2 Å². The van der Waals surface area contributed by atoms with Gasteiger partial charge in [0.05, 0.1) is 19.9 Å². The van der Waals surface area contributed by atoms with Crippen molar-refractivity contribution in [1.29, 1.82) is 0 Å². The fourth-order valence-corrected chi connectivity index (χ4v) is 2.38. The highest BCUT2D eigenvalue weighted by Gasteiger charge is 2.02. The van der Waals surface area contributed by atoms with Crippen LogP contribution in [0.4, 0.5) is 22.7 Å². The molecule has 3 aromatic carbocycles. The summed E-state index contributed by atoms with van der Waals surface area (Å²) in [6, 6.07) is 23.8. The van der Waals surface area contributed by atoms with Crippen LogP contribution in [0.3, 0.4) is 0 Å². The summed E-state index contributed by atoms with van der Waals surface area (Å²) in [4.78, 5) is 0. The highest BCUT2D eigenvalue weighted by molar-refractivity contribution is 5.69. The number of hydrogen-bond acceptors (Lipinski definition) is 4. The molecule has 4 heteroatoms. The average molecular weight is 320 g/mol. The lowest BCUT2D eigenvalue weighted by molar-refractivity contribution is 0.415. The minimum atomic E-state index is 0.818. The molecule has 0 spiro atoms. The first-order chi connectivity index (χ1) is 11.8. The van der Waals surface area contributed by atoms with Gasteiger partial charge in [0.2, 0.25) is 0 Å². The molecule has 0 amide bonds. The second-order valence-corrected chi connectivity index (χ2v) is 5.26. The third kappa shape index (κ3) is 3.79. The largest absolute Gasteiger partial charge is 0.497 e. The van der Waals surface area contributed by atoms with Crippen molar-refractivity contribution >= 4 is 22.7 Å². The summed E-state index contributed by atoms with van der Waals surface area (Å²) in [6.45, 7) is 0. The molecule has 0 aromatic heterocycles. The maximum atomic E-state index is 5.35. The van der Waals surface area contributed by atoms with Crippen LogP contribution in [0, 0.1) is 0 Å². The van der Waals surface area contributed by atoms with Crippen molar-refractivity contribution in [3.63, 3.8) is 0 Å². The molecule has 0 heterocycles. The Morgan fingerprint density at radius 3 is 1.71 bits per heavy atom. The maximum Gasteiger partial charge on any atom is 0.142 e. The molecule has 3 rings (SSSR count). The summed E-state index contributed by atoms with van der Waals surface area (Å²) >= 11 is 0. The molecule has 0 saturated carbocycles. The Bertz CT molecular complexity index is 783. The summed E-state index contributed by atoms with van der Waals surface area (Å²) < 4.78 is 10.5. The van der Waals surface area contributed by atoms with E-state index in [-0.39, 0.29) is 0 Å². The SMILES string of the molecule is COc1ccc(Nc2ccc(Nc3ccccc3OC)cc2)cc1. The van der Waals surface area contributed by atoms with Crippen molar-refractivity contribution in [3.8, 4) is 11.5 Å². The lowest BCUT2D eigenvalue weighted by Gasteiger charge is -2.12. The summed E-state index contributed by atoms with van der Waals surface area (Å²) in [7, 11) is 3.33. The minimum Gasteiger partial charge on any atom is -0.497 e. The molecule has 0 unspecified atom stereocenters. The molecule has 0 aliphatic rings. The molecule has 0 fully saturated rings. The van der Waals surface area contributed by atoms with Gasteiger partial charge in [-0.3, -0.25) is 0 Å². The average Bonchev–Trinajstić information content (AvgIpc) is 2.64. The van der Waals surface area contributed by atoms with Gasteiger partial charge in [-0.2, -0.15) is 0 Å². The van der Waals surface area contributed by atoms with E-state index in [1.54, 1.807) is 14.2 Å². The number of rotatable bonds is 6. The summed E-state index contributed by atoms with van der Waals surface area (Å²) in [5, 5.41) is 6.72. The van der Waals surface area contributed by atoms with E-state index in [1.165, 1.54) is 0 Å².